The van der Waals surface area contributed by atoms with Gasteiger partial charge in [-0.2, -0.15) is 10.1 Å². The zero-order chi connectivity index (χ0) is 25.9. The number of rotatable bonds is 8. The second-order valence-electron chi connectivity index (χ2n) is 10.2. The highest BCUT2D eigenvalue weighted by molar-refractivity contribution is 5.75. The minimum Gasteiger partial charge on any atom is -0.368 e. The van der Waals surface area contributed by atoms with E-state index in [4.69, 9.17) is 10.3 Å². The molecule has 0 aliphatic rings. The summed E-state index contributed by atoms with van der Waals surface area (Å²) < 4.78 is 7.14. The summed E-state index contributed by atoms with van der Waals surface area (Å²) in [6.45, 7) is 11.2. The molecule has 36 heavy (non-hydrogen) atoms. The molecule has 0 radical (unpaired) electrons. The van der Waals surface area contributed by atoms with Gasteiger partial charge in [-0.15, -0.1) is 0 Å². The number of nitrogens with one attached hydrogen (secondary N) is 1. The molecular weight excluding hydrogens is 458 g/mol. The van der Waals surface area contributed by atoms with Crippen LogP contribution in [0.3, 0.4) is 0 Å². The van der Waals surface area contributed by atoms with Gasteiger partial charge in [0.25, 0.3) is 5.89 Å². The van der Waals surface area contributed by atoms with Crippen LogP contribution >= 0.6 is 0 Å². The number of carbonyl (C=O) groups is 1. The quantitative estimate of drug-likeness (QED) is 0.380. The molecule has 1 amide bonds. The van der Waals surface area contributed by atoms with Crippen molar-refractivity contribution >= 4 is 11.9 Å². The van der Waals surface area contributed by atoms with Crippen molar-refractivity contribution in [2.45, 2.75) is 47.1 Å². The van der Waals surface area contributed by atoms with Crippen LogP contribution in [-0.2, 0) is 11.3 Å². The third kappa shape index (κ3) is 5.91. The molecule has 0 saturated heterocycles. The molecule has 11 nitrogen and oxygen atoms in total. The third-order valence-corrected chi connectivity index (χ3v) is 5.55. The van der Waals surface area contributed by atoms with Crippen LogP contribution in [0.25, 0.3) is 22.7 Å². The van der Waals surface area contributed by atoms with Gasteiger partial charge in [-0.25, -0.2) is 9.97 Å². The number of nitrogen functional groups attached to an aromatic ring is 1. The van der Waals surface area contributed by atoms with Gasteiger partial charge in [0.1, 0.15) is 6.54 Å². The Morgan fingerprint density at radius 2 is 1.83 bits per heavy atom. The van der Waals surface area contributed by atoms with Crippen LogP contribution in [0, 0.1) is 11.3 Å². The Morgan fingerprint density at radius 3 is 2.47 bits per heavy atom. The first kappa shape index (κ1) is 25.0. The van der Waals surface area contributed by atoms with E-state index < -0.39 is 0 Å². The number of carbonyl (C=O) groups excluding carboxylic acids is 1. The summed E-state index contributed by atoms with van der Waals surface area (Å²) in [5.74, 6) is 1.22. The molecule has 3 N–H and O–H groups in total. The number of amides is 1. The predicted octanol–water partition coefficient (Wildman–Crippen LogP) is 3.32. The fraction of sp³-hybridized carbons (Fsp3) is 0.400. The minimum atomic E-state index is -0.215. The molecular formula is C25H31N9O2. The fourth-order valence-corrected chi connectivity index (χ4v) is 3.80. The average molecular weight is 490 g/mol. The fourth-order valence-electron chi connectivity index (χ4n) is 3.80. The molecule has 0 aromatic carbocycles. The van der Waals surface area contributed by atoms with Crippen LogP contribution in [-0.4, -0.2) is 47.3 Å². The number of hydrogen-bond acceptors (Lipinski definition) is 9. The lowest BCUT2D eigenvalue weighted by Crippen LogP contribution is -2.30. The maximum absolute atomic E-state index is 12.1. The Kier molecular flexibility index (Phi) is 7.09. The van der Waals surface area contributed by atoms with E-state index >= 15 is 0 Å². The van der Waals surface area contributed by atoms with Crippen LogP contribution < -0.4 is 11.1 Å². The number of pyridine rings is 1. The van der Waals surface area contributed by atoms with Crippen molar-refractivity contribution in [1.82, 2.24) is 40.2 Å². The number of nitrogens with zero attached hydrogens (tertiary/aromatic N) is 7. The normalized spacial score (nSPS) is 12.6. The van der Waals surface area contributed by atoms with Gasteiger partial charge in [-0.3, -0.25) is 14.5 Å². The SMILES string of the molecule is CC(C)CNC(=O)Cn1cc(-c2nc(C(c3ccc(-c4cnc(N)nc4)nc3)C(C)(C)C)no2)cn1. The Hall–Kier alpha value is -4.15. The summed E-state index contributed by atoms with van der Waals surface area (Å²) in [7, 11) is 0. The highest BCUT2D eigenvalue weighted by Crippen LogP contribution is 2.39. The summed E-state index contributed by atoms with van der Waals surface area (Å²) >= 11 is 0. The summed E-state index contributed by atoms with van der Waals surface area (Å²) in [4.78, 5) is 29.4. The highest BCUT2D eigenvalue weighted by Gasteiger charge is 2.33. The third-order valence-electron chi connectivity index (χ3n) is 5.55. The molecule has 188 valence electrons. The molecule has 1 atom stereocenters. The smallest absolute Gasteiger partial charge is 0.261 e. The lowest BCUT2D eigenvalue weighted by atomic mass is 9.76. The van der Waals surface area contributed by atoms with Gasteiger partial charge >= 0.3 is 0 Å². The van der Waals surface area contributed by atoms with E-state index in [9.17, 15) is 4.79 Å². The molecule has 4 aromatic heterocycles. The molecule has 4 rings (SSSR count). The van der Waals surface area contributed by atoms with Gasteiger partial charge in [0.15, 0.2) is 5.82 Å². The number of hydrogen-bond donors (Lipinski definition) is 2. The van der Waals surface area contributed by atoms with Gasteiger partial charge in [-0.1, -0.05) is 45.8 Å². The van der Waals surface area contributed by atoms with Crippen LogP contribution in [0.1, 0.15) is 51.9 Å². The lowest BCUT2D eigenvalue weighted by molar-refractivity contribution is -0.122. The molecule has 0 bridgehead atoms. The van der Waals surface area contributed by atoms with Crippen LogP contribution in [0.5, 0.6) is 0 Å². The van der Waals surface area contributed by atoms with Crippen molar-refractivity contribution in [1.29, 1.82) is 0 Å². The topological polar surface area (TPSA) is 151 Å². The van der Waals surface area contributed by atoms with Crippen LogP contribution in [0.4, 0.5) is 5.95 Å². The Morgan fingerprint density at radius 1 is 1.08 bits per heavy atom. The van der Waals surface area contributed by atoms with Gasteiger partial charge in [0, 0.05) is 36.9 Å². The van der Waals surface area contributed by atoms with Crippen molar-refractivity contribution in [3.8, 4) is 22.7 Å². The van der Waals surface area contributed by atoms with E-state index in [1.807, 2.05) is 32.2 Å². The van der Waals surface area contributed by atoms with Crippen molar-refractivity contribution in [3.63, 3.8) is 0 Å². The number of nitrogens with two attached hydrogens (primary N) is 1. The number of aromatic nitrogens is 7. The van der Waals surface area contributed by atoms with Crippen LogP contribution in [0.2, 0.25) is 0 Å². The first-order chi connectivity index (χ1) is 17.1. The van der Waals surface area contributed by atoms with Gasteiger partial charge in [0.2, 0.25) is 11.9 Å². The van der Waals surface area contributed by atoms with E-state index in [0.717, 1.165) is 16.8 Å². The van der Waals surface area contributed by atoms with Crippen molar-refractivity contribution in [3.05, 3.63) is 54.5 Å². The Bertz CT molecular complexity index is 1300. The van der Waals surface area contributed by atoms with E-state index in [2.05, 4.69) is 56.3 Å². The van der Waals surface area contributed by atoms with E-state index in [1.165, 1.54) is 0 Å². The van der Waals surface area contributed by atoms with Gasteiger partial charge in [0.05, 0.1) is 23.4 Å². The summed E-state index contributed by atoms with van der Waals surface area (Å²) in [6, 6.07) is 3.91. The zero-order valence-corrected chi connectivity index (χ0v) is 21.1. The highest BCUT2D eigenvalue weighted by atomic mass is 16.5. The summed E-state index contributed by atoms with van der Waals surface area (Å²) in [6.07, 6.45) is 8.44. The van der Waals surface area contributed by atoms with Crippen LogP contribution in [0.15, 0.2) is 47.6 Å². The average Bonchev–Trinajstić information content (AvgIpc) is 3.48. The largest absolute Gasteiger partial charge is 0.368 e. The van der Waals surface area contributed by atoms with Gasteiger partial charge in [-0.05, 0) is 23.0 Å². The zero-order valence-electron chi connectivity index (χ0n) is 21.1. The molecule has 0 fully saturated rings. The number of anilines is 1. The maximum atomic E-state index is 12.1. The molecule has 1 unspecified atom stereocenters. The standard InChI is InChI=1S/C25H31N9O2/c1-15(2)8-28-20(35)14-34-13-18(12-31-34)23-32-22(33-36-23)21(25(3,4)5)16-6-7-19(27-9-16)17-10-29-24(26)30-11-17/h6-7,9-13,15,21H,8,14H2,1-5H3,(H,28,35)(H2,26,29,30). The monoisotopic (exact) mass is 489 g/mol. The summed E-state index contributed by atoms with van der Waals surface area (Å²) in [5.41, 5.74) is 8.48. The molecule has 0 saturated carbocycles. The molecule has 11 heteroatoms. The summed E-state index contributed by atoms with van der Waals surface area (Å²) in [5, 5.41) is 11.4. The molecule has 0 aliphatic heterocycles. The van der Waals surface area contributed by atoms with Crippen molar-refractivity contribution in [2.75, 3.05) is 12.3 Å². The second-order valence-corrected chi connectivity index (χ2v) is 10.2. The molecule has 4 heterocycles. The van der Waals surface area contributed by atoms with Crippen molar-refractivity contribution in [2.24, 2.45) is 11.3 Å². The molecule has 0 aliphatic carbocycles. The van der Waals surface area contributed by atoms with E-state index in [1.54, 1.807) is 29.5 Å². The van der Waals surface area contributed by atoms with E-state index in [-0.39, 0.29) is 29.7 Å². The minimum absolute atomic E-state index is 0.0983. The Balaban J connectivity index is 1.53. The first-order valence-electron chi connectivity index (χ1n) is 11.8. The molecule has 4 aromatic rings. The predicted molar refractivity (Wildman–Crippen MR) is 134 cm³/mol. The van der Waals surface area contributed by atoms with Gasteiger partial charge < -0.3 is 15.6 Å². The maximum Gasteiger partial charge on any atom is 0.261 e. The lowest BCUT2D eigenvalue weighted by Gasteiger charge is -2.28. The first-order valence-corrected chi connectivity index (χ1v) is 11.8. The second kappa shape index (κ2) is 10.2. The molecule has 0 spiro atoms. The Labute approximate surface area is 209 Å². The van der Waals surface area contributed by atoms with E-state index in [0.29, 0.717) is 29.7 Å². The van der Waals surface area contributed by atoms with Crippen molar-refractivity contribution < 1.29 is 9.32 Å².